The van der Waals surface area contributed by atoms with Crippen LogP contribution in [0.25, 0.3) is 11.3 Å². The second-order valence-electron chi connectivity index (χ2n) is 5.98. The van der Waals surface area contributed by atoms with Crippen molar-refractivity contribution in [2.75, 3.05) is 27.4 Å². The molecule has 0 spiro atoms. The normalized spacial score (nSPS) is 13.0. The third kappa shape index (κ3) is 5.31. The highest BCUT2D eigenvalue weighted by atomic mass is 16.7. The van der Waals surface area contributed by atoms with Gasteiger partial charge in [0.25, 0.3) is 5.95 Å². The fourth-order valence-corrected chi connectivity index (χ4v) is 2.55. The number of benzene rings is 1. The highest BCUT2D eigenvalue weighted by molar-refractivity contribution is 5.71. The third-order valence-corrected chi connectivity index (χ3v) is 3.96. The predicted molar refractivity (Wildman–Crippen MR) is 101 cm³/mol. The molecule has 0 saturated carbocycles. The minimum atomic E-state index is -0.928. The second-order valence-corrected chi connectivity index (χ2v) is 5.98. The number of phenolic OH excluding ortho intramolecular Hbond substituents is 1. The van der Waals surface area contributed by atoms with E-state index in [0.717, 1.165) is 6.07 Å². The van der Waals surface area contributed by atoms with E-state index >= 15 is 0 Å². The zero-order valence-electron chi connectivity index (χ0n) is 16.2. The van der Waals surface area contributed by atoms with Crippen molar-refractivity contribution in [2.45, 2.75) is 25.7 Å². The van der Waals surface area contributed by atoms with Crippen LogP contribution in [0.5, 0.6) is 28.9 Å². The topological polar surface area (TPSA) is 148 Å². The van der Waals surface area contributed by atoms with E-state index < -0.39 is 23.6 Å². The second kappa shape index (κ2) is 10.0. The quantitative estimate of drug-likeness (QED) is 0.420. The molecule has 0 bridgehead atoms. The van der Waals surface area contributed by atoms with Gasteiger partial charge in [-0.15, -0.1) is 0 Å². The molecule has 0 aliphatic rings. The summed E-state index contributed by atoms with van der Waals surface area (Å²) in [6.07, 6.45) is -1.39. The van der Waals surface area contributed by atoms with Gasteiger partial charge in [-0.2, -0.15) is 0 Å². The highest BCUT2D eigenvalue weighted by Gasteiger charge is 2.21. The van der Waals surface area contributed by atoms with Crippen molar-refractivity contribution in [3.8, 4) is 40.3 Å². The molecular formula is C19H24O10. The van der Waals surface area contributed by atoms with Crippen LogP contribution in [0.1, 0.15) is 13.3 Å². The molecule has 0 amide bonds. The third-order valence-electron chi connectivity index (χ3n) is 3.96. The van der Waals surface area contributed by atoms with Crippen LogP contribution in [0.3, 0.4) is 0 Å². The summed E-state index contributed by atoms with van der Waals surface area (Å²) in [7, 11) is 2.66. The minimum Gasteiger partial charge on any atom is -0.502 e. The molecule has 2 rings (SSSR count). The van der Waals surface area contributed by atoms with Gasteiger partial charge in [-0.3, -0.25) is 4.79 Å². The van der Waals surface area contributed by atoms with Crippen molar-refractivity contribution < 1.29 is 43.8 Å². The molecule has 2 unspecified atom stereocenters. The number of hydrogen-bond acceptors (Lipinski definition) is 10. The van der Waals surface area contributed by atoms with Gasteiger partial charge in [0.15, 0.2) is 17.3 Å². The van der Waals surface area contributed by atoms with Crippen molar-refractivity contribution in [1.29, 1.82) is 0 Å². The van der Waals surface area contributed by atoms with Crippen LogP contribution in [0, 0.1) is 0 Å². The van der Waals surface area contributed by atoms with Crippen LogP contribution >= 0.6 is 0 Å². The summed E-state index contributed by atoms with van der Waals surface area (Å²) >= 11 is 0. The van der Waals surface area contributed by atoms with E-state index in [4.69, 9.17) is 28.5 Å². The van der Waals surface area contributed by atoms with E-state index in [9.17, 15) is 20.1 Å². The van der Waals surface area contributed by atoms with Gasteiger partial charge in [-0.05, 0) is 25.5 Å². The number of aliphatic hydroxyl groups is 2. The molecule has 2 atom stereocenters. The summed E-state index contributed by atoms with van der Waals surface area (Å²) in [6.45, 7) is 1.01. The molecule has 0 radical (unpaired) electrons. The number of methoxy groups -OCH3 is 2. The Hall–Kier alpha value is -2.95. The monoisotopic (exact) mass is 412 g/mol. The highest BCUT2D eigenvalue weighted by Crippen LogP contribution is 2.42. The summed E-state index contributed by atoms with van der Waals surface area (Å²) in [5.41, 5.74) is -0.577. The first kappa shape index (κ1) is 22.3. The Labute approximate surface area is 166 Å². The van der Waals surface area contributed by atoms with E-state index in [1.807, 2.05) is 0 Å². The van der Waals surface area contributed by atoms with Crippen LogP contribution in [-0.2, 0) is 4.74 Å². The first-order valence-corrected chi connectivity index (χ1v) is 8.70. The smallest absolute Gasteiger partial charge is 0.291 e. The minimum absolute atomic E-state index is 0.0409. The first-order chi connectivity index (χ1) is 13.8. The lowest BCUT2D eigenvalue weighted by Gasteiger charge is -2.20. The van der Waals surface area contributed by atoms with Gasteiger partial charge in [0.1, 0.15) is 0 Å². The molecule has 4 N–H and O–H groups in total. The summed E-state index contributed by atoms with van der Waals surface area (Å²) in [6, 6.07) is 3.64. The molecule has 10 heteroatoms. The summed E-state index contributed by atoms with van der Waals surface area (Å²) in [5, 5.41) is 38.4. The molecule has 2 aromatic rings. The van der Waals surface area contributed by atoms with E-state index in [1.165, 1.54) is 33.3 Å². The lowest BCUT2D eigenvalue weighted by atomic mass is 10.1. The maximum absolute atomic E-state index is 12.2. The van der Waals surface area contributed by atoms with Crippen molar-refractivity contribution in [2.24, 2.45) is 0 Å². The van der Waals surface area contributed by atoms with Gasteiger partial charge in [-0.25, -0.2) is 0 Å². The van der Waals surface area contributed by atoms with E-state index in [-0.39, 0.29) is 54.2 Å². The molecule has 29 heavy (non-hydrogen) atoms. The lowest BCUT2D eigenvalue weighted by Crippen LogP contribution is -2.28. The Morgan fingerprint density at radius 2 is 1.66 bits per heavy atom. The fourth-order valence-electron chi connectivity index (χ4n) is 2.55. The number of hydrogen-bond donors (Lipinski definition) is 4. The largest absolute Gasteiger partial charge is 0.502 e. The average molecular weight is 412 g/mol. The van der Waals surface area contributed by atoms with Crippen molar-refractivity contribution in [3.63, 3.8) is 0 Å². The summed E-state index contributed by atoms with van der Waals surface area (Å²) in [4.78, 5) is 12.2. The Morgan fingerprint density at radius 3 is 2.17 bits per heavy atom. The van der Waals surface area contributed by atoms with E-state index in [2.05, 4.69) is 0 Å². The molecule has 0 aliphatic heterocycles. The molecule has 0 fully saturated rings. The van der Waals surface area contributed by atoms with Gasteiger partial charge in [-0.1, -0.05) is 0 Å². The lowest BCUT2D eigenvalue weighted by molar-refractivity contribution is -0.132. The summed E-state index contributed by atoms with van der Waals surface area (Å²) < 4.78 is 26.5. The zero-order valence-corrected chi connectivity index (χ0v) is 16.2. The standard InChI is InChI=1S/C19H24O10/c1-10(27-12(9-21)4-5-20)28-16-8-13(22)17(23)19(29-16)11-6-14(25-2)18(24)15(7-11)26-3/h6-8,10,12,20-21,23-24H,4-5,9H2,1-3H3. The van der Waals surface area contributed by atoms with E-state index in [0.29, 0.717) is 0 Å². The number of aliphatic hydroxyl groups excluding tert-OH is 2. The van der Waals surface area contributed by atoms with Gasteiger partial charge in [0, 0.05) is 12.2 Å². The van der Waals surface area contributed by atoms with Gasteiger partial charge in [0.2, 0.25) is 23.2 Å². The molecular weight excluding hydrogens is 388 g/mol. The van der Waals surface area contributed by atoms with Crippen LogP contribution in [-0.4, -0.2) is 60.3 Å². The van der Waals surface area contributed by atoms with Crippen molar-refractivity contribution in [1.82, 2.24) is 0 Å². The maximum Gasteiger partial charge on any atom is 0.291 e. The molecule has 10 nitrogen and oxygen atoms in total. The maximum atomic E-state index is 12.2. The number of rotatable bonds is 10. The fraction of sp³-hybridized carbons (Fsp3) is 0.421. The molecule has 0 aliphatic carbocycles. The Kier molecular flexibility index (Phi) is 7.71. The summed E-state index contributed by atoms with van der Waals surface area (Å²) in [5.74, 6) is -1.33. The van der Waals surface area contributed by atoms with Crippen LogP contribution < -0.4 is 19.6 Å². The van der Waals surface area contributed by atoms with Gasteiger partial charge < -0.3 is 43.8 Å². The predicted octanol–water partition coefficient (Wildman–Crippen LogP) is 1.22. The zero-order chi connectivity index (χ0) is 21.6. The van der Waals surface area contributed by atoms with Crippen molar-refractivity contribution >= 4 is 0 Å². The van der Waals surface area contributed by atoms with Gasteiger partial charge in [0.05, 0.1) is 33.0 Å². The Balaban J connectivity index is 2.38. The van der Waals surface area contributed by atoms with Crippen LogP contribution in [0.15, 0.2) is 27.4 Å². The van der Waals surface area contributed by atoms with Crippen molar-refractivity contribution in [3.05, 3.63) is 28.4 Å². The molecule has 160 valence electrons. The van der Waals surface area contributed by atoms with Crippen LogP contribution in [0.4, 0.5) is 0 Å². The Bertz CT molecular complexity index is 851. The Morgan fingerprint density at radius 1 is 1.03 bits per heavy atom. The first-order valence-electron chi connectivity index (χ1n) is 8.70. The number of phenols is 1. The number of aromatic hydroxyl groups is 2. The van der Waals surface area contributed by atoms with Crippen LogP contribution in [0.2, 0.25) is 0 Å². The average Bonchev–Trinajstić information content (AvgIpc) is 2.70. The SMILES string of the molecule is COc1cc(-c2oc(OC(C)OC(CO)CCO)cc(=O)c2O)cc(OC)c1O. The molecule has 1 heterocycles. The molecule has 0 saturated heterocycles. The van der Waals surface area contributed by atoms with E-state index in [1.54, 1.807) is 0 Å². The van der Waals surface area contributed by atoms with Gasteiger partial charge >= 0.3 is 0 Å². The number of ether oxygens (including phenoxy) is 4. The molecule has 1 aromatic heterocycles. The molecule has 1 aromatic carbocycles.